The molecular weight excluding hydrogens is 427 g/mol. The van der Waals surface area contributed by atoms with Crippen molar-refractivity contribution in [2.75, 3.05) is 50.2 Å². The molecule has 3 nitrogen and oxygen atoms in total. The van der Waals surface area contributed by atoms with Crippen LogP contribution < -0.4 is 10.6 Å². The first-order valence-electron chi connectivity index (χ1n) is 8.94. The maximum Gasteiger partial charge on any atom is 0.166 e. The molecule has 152 valence electrons. The number of ketones is 1. The second-order valence-corrected chi connectivity index (χ2v) is 9.86. The molecule has 0 spiro atoms. The minimum absolute atomic E-state index is 0.0461. The number of carbonyl (C=O) groups excluding carboxylic acids is 1. The highest BCUT2D eigenvalue weighted by Crippen LogP contribution is 2.31. The summed E-state index contributed by atoms with van der Waals surface area (Å²) in [6, 6.07) is 1.64. The van der Waals surface area contributed by atoms with E-state index in [0.717, 1.165) is 12.3 Å². The van der Waals surface area contributed by atoms with Gasteiger partial charge in [0.05, 0.1) is 4.34 Å². The summed E-state index contributed by atoms with van der Waals surface area (Å²) in [5.41, 5.74) is 0.545. The van der Waals surface area contributed by atoms with Crippen molar-refractivity contribution in [1.29, 1.82) is 0 Å². The Morgan fingerprint density at radius 2 is 1.65 bits per heavy atom. The molecule has 0 aliphatic heterocycles. The molecule has 0 unspecified atom stereocenters. The average Bonchev–Trinajstić information content (AvgIpc) is 2.97. The lowest BCUT2D eigenvalue weighted by Gasteiger charge is -2.02. The standard InChI is InChI=1S/C10H13Cl2NOS2.C8H19NS/c1-15-5-4-13-3-2-8(14)7-6-9(11)16-10(7)12;1-3-4-5-6-9-7-8-10-2/h6,13H,2-5H2,1H3;9H,3-8H2,1-2H3. The van der Waals surface area contributed by atoms with Gasteiger partial charge in [0.2, 0.25) is 0 Å². The van der Waals surface area contributed by atoms with E-state index in [1.165, 1.54) is 49.4 Å². The summed E-state index contributed by atoms with van der Waals surface area (Å²) in [5, 5.41) is 6.60. The Bertz CT molecular complexity index is 465. The molecule has 0 atom stereocenters. The molecule has 1 heterocycles. The highest BCUT2D eigenvalue weighted by Gasteiger charge is 2.13. The van der Waals surface area contributed by atoms with Crippen molar-refractivity contribution in [2.45, 2.75) is 32.6 Å². The monoisotopic (exact) mass is 458 g/mol. The Balaban J connectivity index is 0.000000541. The first-order valence-corrected chi connectivity index (χ1v) is 13.3. The van der Waals surface area contributed by atoms with E-state index in [0.29, 0.717) is 27.2 Å². The number of halogens is 2. The van der Waals surface area contributed by atoms with E-state index in [1.54, 1.807) is 17.8 Å². The molecule has 1 aromatic heterocycles. The first-order chi connectivity index (χ1) is 12.6. The van der Waals surface area contributed by atoms with E-state index in [2.05, 4.69) is 30.1 Å². The van der Waals surface area contributed by atoms with E-state index in [-0.39, 0.29) is 5.78 Å². The van der Waals surface area contributed by atoms with Crippen molar-refractivity contribution >= 4 is 63.8 Å². The molecule has 0 radical (unpaired) electrons. The topological polar surface area (TPSA) is 41.1 Å². The van der Waals surface area contributed by atoms with E-state index in [9.17, 15) is 4.79 Å². The van der Waals surface area contributed by atoms with E-state index in [1.807, 2.05) is 11.8 Å². The predicted octanol–water partition coefficient (Wildman–Crippen LogP) is 5.71. The second kappa shape index (κ2) is 18.9. The lowest BCUT2D eigenvalue weighted by atomic mass is 10.1. The molecule has 1 aromatic rings. The van der Waals surface area contributed by atoms with E-state index >= 15 is 0 Å². The largest absolute Gasteiger partial charge is 0.316 e. The molecule has 8 heteroatoms. The maximum absolute atomic E-state index is 11.7. The van der Waals surface area contributed by atoms with Crippen molar-refractivity contribution in [1.82, 2.24) is 10.6 Å². The van der Waals surface area contributed by atoms with Gasteiger partial charge in [-0.15, -0.1) is 11.3 Å². The van der Waals surface area contributed by atoms with Gasteiger partial charge in [-0.25, -0.2) is 0 Å². The molecule has 0 aliphatic rings. The van der Waals surface area contributed by atoms with Crippen LogP contribution in [0, 0.1) is 0 Å². The summed E-state index contributed by atoms with van der Waals surface area (Å²) >= 11 is 16.6. The molecule has 0 bridgehead atoms. The quantitative estimate of drug-likeness (QED) is 0.276. The van der Waals surface area contributed by atoms with Gasteiger partial charge in [0.25, 0.3) is 0 Å². The Kier molecular flexibility index (Phi) is 19.3. The summed E-state index contributed by atoms with van der Waals surface area (Å²) in [6.45, 7) is 6.22. The zero-order chi connectivity index (χ0) is 19.6. The summed E-state index contributed by atoms with van der Waals surface area (Å²) in [7, 11) is 0. The zero-order valence-corrected chi connectivity index (χ0v) is 20.0. The Morgan fingerprint density at radius 3 is 2.15 bits per heavy atom. The van der Waals surface area contributed by atoms with Gasteiger partial charge in [-0.3, -0.25) is 4.79 Å². The van der Waals surface area contributed by atoms with Gasteiger partial charge >= 0.3 is 0 Å². The van der Waals surface area contributed by atoms with Gasteiger partial charge in [0, 0.05) is 43.1 Å². The molecule has 0 saturated heterocycles. The van der Waals surface area contributed by atoms with Crippen LogP contribution in [0.3, 0.4) is 0 Å². The first kappa shape index (κ1) is 26.6. The lowest BCUT2D eigenvalue weighted by Crippen LogP contribution is -2.20. The minimum atomic E-state index is 0.0461. The third-order valence-electron chi connectivity index (χ3n) is 3.41. The van der Waals surface area contributed by atoms with Crippen LogP contribution in [-0.4, -0.2) is 56.0 Å². The molecule has 0 aromatic carbocycles. The number of hydrogen-bond donors (Lipinski definition) is 2. The number of unbranched alkanes of at least 4 members (excludes halogenated alkanes) is 2. The SMILES string of the molecule is CCCCCNCCSC.CSCCNCCC(=O)c1cc(Cl)sc1Cl. The van der Waals surface area contributed by atoms with Crippen LogP contribution in [0.25, 0.3) is 0 Å². The van der Waals surface area contributed by atoms with Gasteiger partial charge in [0.1, 0.15) is 4.34 Å². The number of carbonyl (C=O) groups is 1. The van der Waals surface area contributed by atoms with Crippen LogP contribution in [0.4, 0.5) is 0 Å². The number of thioether (sulfide) groups is 2. The van der Waals surface area contributed by atoms with Gasteiger partial charge < -0.3 is 10.6 Å². The molecule has 2 N–H and O–H groups in total. The number of nitrogens with one attached hydrogen (secondary N) is 2. The van der Waals surface area contributed by atoms with Crippen molar-refractivity contribution in [3.63, 3.8) is 0 Å². The van der Waals surface area contributed by atoms with Gasteiger partial charge in [-0.1, -0.05) is 43.0 Å². The molecule has 0 fully saturated rings. The minimum Gasteiger partial charge on any atom is -0.316 e. The molecule has 0 amide bonds. The van der Waals surface area contributed by atoms with Gasteiger partial charge in [-0.2, -0.15) is 23.5 Å². The van der Waals surface area contributed by atoms with Gasteiger partial charge in [-0.05, 0) is 31.5 Å². The highest BCUT2D eigenvalue weighted by atomic mass is 35.5. The highest BCUT2D eigenvalue weighted by molar-refractivity contribution is 7.98. The summed E-state index contributed by atoms with van der Waals surface area (Å²) in [4.78, 5) is 11.7. The summed E-state index contributed by atoms with van der Waals surface area (Å²) in [6.07, 6.45) is 8.69. The Morgan fingerprint density at radius 1 is 1.04 bits per heavy atom. The molecular formula is C18H32Cl2N2OS3. The number of Topliss-reactive ketones (excluding diaryl/α,β-unsaturated/α-hetero) is 1. The van der Waals surface area contributed by atoms with Crippen LogP contribution in [0.1, 0.15) is 43.0 Å². The van der Waals surface area contributed by atoms with Gasteiger partial charge in [0.15, 0.2) is 5.78 Å². The Labute approximate surface area is 181 Å². The third kappa shape index (κ3) is 14.6. The molecule has 1 rings (SSSR count). The third-order valence-corrected chi connectivity index (χ3v) is 6.12. The molecule has 0 aliphatic carbocycles. The summed E-state index contributed by atoms with van der Waals surface area (Å²) < 4.78 is 1.04. The fourth-order valence-electron chi connectivity index (χ4n) is 1.97. The molecule has 26 heavy (non-hydrogen) atoms. The molecule has 0 saturated carbocycles. The van der Waals surface area contributed by atoms with Crippen LogP contribution in [0.15, 0.2) is 6.07 Å². The van der Waals surface area contributed by atoms with Crippen LogP contribution in [0.2, 0.25) is 8.67 Å². The average molecular weight is 460 g/mol. The fourth-order valence-corrected chi connectivity index (χ4v) is 4.16. The second-order valence-electron chi connectivity index (χ2n) is 5.60. The smallest absolute Gasteiger partial charge is 0.166 e. The zero-order valence-electron chi connectivity index (χ0n) is 16.0. The van der Waals surface area contributed by atoms with Crippen molar-refractivity contribution < 1.29 is 4.79 Å². The number of rotatable bonds is 14. The normalized spacial score (nSPS) is 10.5. The van der Waals surface area contributed by atoms with Crippen LogP contribution in [-0.2, 0) is 0 Å². The number of thiophene rings is 1. The Hall–Kier alpha value is 0.570. The van der Waals surface area contributed by atoms with Crippen molar-refractivity contribution in [3.8, 4) is 0 Å². The maximum atomic E-state index is 11.7. The van der Waals surface area contributed by atoms with Crippen molar-refractivity contribution in [2.24, 2.45) is 0 Å². The predicted molar refractivity (Wildman–Crippen MR) is 125 cm³/mol. The van der Waals surface area contributed by atoms with Crippen molar-refractivity contribution in [3.05, 3.63) is 20.3 Å². The van der Waals surface area contributed by atoms with Crippen LogP contribution >= 0.6 is 58.1 Å². The summed E-state index contributed by atoms with van der Waals surface area (Å²) in [5.74, 6) is 2.34. The fraction of sp³-hybridized carbons (Fsp3) is 0.722. The number of hydrogen-bond acceptors (Lipinski definition) is 6. The van der Waals surface area contributed by atoms with E-state index < -0.39 is 0 Å². The van der Waals surface area contributed by atoms with Crippen LogP contribution in [0.5, 0.6) is 0 Å². The van der Waals surface area contributed by atoms with E-state index in [4.69, 9.17) is 23.2 Å². The lowest BCUT2D eigenvalue weighted by molar-refractivity contribution is 0.0983.